The van der Waals surface area contributed by atoms with E-state index < -0.39 is 11.3 Å². The highest BCUT2D eigenvalue weighted by Gasteiger charge is 2.21. The van der Waals surface area contributed by atoms with E-state index in [9.17, 15) is 9.59 Å². The van der Waals surface area contributed by atoms with E-state index in [0.717, 1.165) is 21.9 Å². The molecule has 0 aliphatic rings. The van der Waals surface area contributed by atoms with Crippen LogP contribution in [0.5, 0.6) is 23.0 Å². The van der Waals surface area contributed by atoms with Crippen LogP contribution >= 0.6 is 0 Å². The molecule has 0 bridgehead atoms. The molecule has 2 heterocycles. The molecule has 8 heteroatoms. The Morgan fingerprint density at radius 1 is 0.500 bits per heavy atom. The maximum absolute atomic E-state index is 13.4. The first-order valence-electron chi connectivity index (χ1n) is 13.2. The summed E-state index contributed by atoms with van der Waals surface area (Å²) in [6.45, 7) is 3.87. The Morgan fingerprint density at radius 3 is 1.26 bits per heavy atom. The van der Waals surface area contributed by atoms with Gasteiger partial charge in [0.25, 0.3) is 0 Å². The van der Waals surface area contributed by atoms with Crippen LogP contribution in [0, 0.1) is 13.8 Å². The number of fused-ring (bicyclic) bond motifs is 3. The average molecular weight is 565 g/mol. The lowest BCUT2D eigenvalue weighted by Crippen LogP contribution is -2.07. The van der Waals surface area contributed by atoms with E-state index in [0.29, 0.717) is 67.2 Å². The number of rotatable bonds is 6. The smallest absolute Gasteiger partial charge is 0.344 e. The zero-order valence-corrected chi connectivity index (χ0v) is 24.0. The molecule has 6 rings (SSSR count). The van der Waals surface area contributed by atoms with Crippen molar-refractivity contribution in [3.05, 3.63) is 92.6 Å². The monoisotopic (exact) mass is 564 g/mol. The van der Waals surface area contributed by atoms with E-state index in [1.807, 2.05) is 38.1 Å². The SMILES string of the molecule is COc1cc(OC)c2cc(-c3c(C)ccc4c(-c5cc6c(OC)cc(OC)cc6oc5=O)c(C)ccc34)c(=O)oc2c1. The third kappa shape index (κ3) is 4.23. The van der Waals surface area contributed by atoms with Crippen LogP contribution in [-0.2, 0) is 0 Å². The van der Waals surface area contributed by atoms with Crippen LogP contribution in [0.25, 0.3) is 55.0 Å². The third-order valence-corrected chi connectivity index (χ3v) is 7.65. The summed E-state index contributed by atoms with van der Waals surface area (Å²) in [5.74, 6) is 2.06. The molecule has 2 aromatic heterocycles. The van der Waals surface area contributed by atoms with Gasteiger partial charge < -0.3 is 27.8 Å². The summed E-state index contributed by atoms with van der Waals surface area (Å²) in [7, 11) is 6.18. The second-order valence-corrected chi connectivity index (χ2v) is 9.99. The minimum absolute atomic E-state index is 0.355. The minimum atomic E-state index is -0.501. The first-order chi connectivity index (χ1) is 20.3. The normalized spacial score (nSPS) is 11.3. The summed E-state index contributed by atoms with van der Waals surface area (Å²) in [5, 5.41) is 2.84. The van der Waals surface area contributed by atoms with Crippen molar-refractivity contribution < 1.29 is 27.8 Å². The highest BCUT2D eigenvalue weighted by molar-refractivity contribution is 6.07. The molecule has 0 spiro atoms. The van der Waals surface area contributed by atoms with Gasteiger partial charge in [-0.15, -0.1) is 0 Å². The van der Waals surface area contributed by atoms with Gasteiger partial charge in [-0.05, 0) is 59.0 Å². The van der Waals surface area contributed by atoms with Gasteiger partial charge in [-0.1, -0.05) is 24.3 Å². The zero-order chi connectivity index (χ0) is 29.7. The number of benzene rings is 4. The summed E-state index contributed by atoms with van der Waals surface area (Å²) >= 11 is 0. The molecule has 0 fully saturated rings. The highest BCUT2D eigenvalue weighted by Crippen LogP contribution is 2.40. The summed E-state index contributed by atoms with van der Waals surface area (Å²) in [6.07, 6.45) is 0. The van der Waals surface area contributed by atoms with Crippen LogP contribution in [0.15, 0.2) is 79.1 Å². The van der Waals surface area contributed by atoms with E-state index in [4.69, 9.17) is 27.8 Å². The van der Waals surface area contributed by atoms with Gasteiger partial charge in [-0.3, -0.25) is 0 Å². The molecule has 0 saturated carbocycles. The van der Waals surface area contributed by atoms with Crippen molar-refractivity contribution in [3.63, 3.8) is 0 Å². The standard InChI is InChI=1S/C34H28O8/c1-17-7-9-22-21(31(17)25-15-23-27(39-5)11-19(37-3)13-29(23)41-33(25)35)10-8-18(2)32(22)26-16-24-28(40-6)12-20(38-4)14-30(24)42-34(26)36/h7-16H,1-6H3. The maximum atomic E-state index is 13.4. The van der Waals surface area contributed by atoms with Crippen molar-refractivity contribution in [2.45, 2.75) is 13.8 Å². The fraction of sp³-hybridized carbons (Fsp3) is 0.176. The lowest BCUT2D eigenvalue weighted by Gasteiger charge is -2.16. The number of methoxy groups -OCH3 is 4. The Hall–Kier alpha value is -5.24. The molecule has 6 aromatic rings. The van der Waals surface area contributed by atoms with Crippen molar-refractivity contribution in [3.8, 4) is 45.3 Å². The zero-order valence-electron chi connectivity index (χ0n) is 24.0. The molecular weight excluding hydrogens is 536 g/mol. The minimum Gasteiger partial charge on any atom is -0.496 e. The Balaban J connectivity index is 1.65. The number of hydrogen-bond donors (Lipinski definition) is 0. The molecule has 0 aliphatic heterocycles. The molecule has 0 unspecified atom stereocenters. The number of hydrogen-bond acceptors (Lipinski definition) is 8. The van der Waals surface area contributed by atoms with Crippen LogP contribution in [0.4, 0.5) is 0 Å². The van der Waals surface area contributed by atoms with Crippen LogP contribution in [-0.4, -0.2) is 28.4 Å². The predicted octanol–water partition coefficient (Wildman–Crippen LogP) is 7.04. The van der Waals surface area contributed by atoms with Gasteiger partial charge in [0.1, 0.15) is 34.2 Å². The topological polar surface area (TPSA) is 97.3 Å². The van der Waals surface area contributed by atoms with Crippen LogP contribution in [0.1, 0.15) is 11.1 Å². The fourth-order valence-electron chi connectivity index (χ4n) is 5.58. The average Bonchev–Trinajstić information content (AvgIpc) is 2.99. The molecule has 0 amide bonds. The van der Waals surface area contributed by atoms with Crippen molar-refractivity contribution in [1.29, 1.82) is 0 Å². The van der Waals surface area contributed by atoms with Gasteiger partial charge >= 0.3 is 11.3 Å². The van der Waals surface area contributed by atoms with Crippen molar-refractivity contribution in [2.75, 3.05) is 28.4 Å². The van der Waals surface area contributed by atoms with Crippen molar-refractivity contribution in [1.82, 2.24) is 0 Å². The van der Waals surface area contributed by atoms with Gasteiger partial charge in [-0.2, -0.15) is 0 Å². The first-order valence-corrected chi connectivity index (χ1v) is 13.2. The second-order valence-electron chi connectivity index (χ2n) is 9.99. The lowest BCUT2D eigenvalue weighted by molar-refractivity contribution is 0.395. The summed E-state index contributed by atoms with van der Waals surface area (Å²) < 4.78 is 33.4. The Morgan fingerprint density at radius 2 is 0.905 bits per heavy atom. The van der Waals surface area contributed by atoms with Gasteiger partial charge in [0.2, 0.25) is 0 Å². The van der Waals surface area contributed by atoms with E-state index in [-0.39, 0.29) is 0 Å². The van der Waals surface area contributed by atoms with Gasteiger partial charge in [0.15, 0.2) is 0 Å². The van der Waals surface area contributed by atoms with E-state index in [1.165, 1.54) is 14.2 Å². The Kier molecular flexibility index (Phi) is 6.61. The van der Waals surface area contributed by atoms with E-state index in [1.54, 1.807) is 50.6 Å². The largest absolute Gasteiger partial charge is 0.496 e. The molecular formula is C34H28O8. The third-order valence-electron chi connectivity index (χ3n) is 7.65. The predicted molar refractivity (Wildman–Crippen MR) is 163 cm³/mol. The quantitative estimate of drug-likeness (QED) is 0.199. The highest BCUT2D eigenvalue weighted by atomic mass is 16.5. The van der Waals surface area contributed by atoms with E-state index >= 15 is 0 Å². The Bertz CT molecular complexity index is 2000. The molecule has 42 heavy (non-hydrogen) atoms. The summed E-state index contributed by atoms with van der Waals surface area (Å²) in [6, 6.07) is 18.1. The first kappa shape index (κ1) is 27.0. The molecule has 0 aliphatic carbocycles. The van der Waals surface area contributed by atoms with Gasteiger partial charge in [-0.25, -0.2) is 9.59 Å². The van der Waals surface area contributed by atoms with Gasteiger partial charge in [0.05, 0.1) is 50.3 Å². The fourth-order valence-corrected chi connectivity index (χ4v) is 5.58. The van der Waals surface area contributed by atoms with Crippen molar-refractivity contribution >= 4 is 32.7 Å². The molecule has 0 N–H and O–H groups in total. The molecule has 4 aromatic carbocycles. The Labute approximate surface area is 240 Å². The summed E-state index contributed by atoms with van der Waals surface area (Å²) in [5.41, 5.74) is 3.61. The molecule has 212 valence electrons. The van der Waals surface area contributed by atoms with Crippen LogP contribution < -0.4 is 30.2 Å². The number of aryl methyl sites for hydroxylation is 2. The van der Waals surface area contributed by atoms with Crippen LogP contribution in [0.2, 0.25) is 0 Å². The van der Waals surface area contributed by atoms with Crippen LogP contribution in [0.3, 0.4) is 0 Å². The molecule has 8 nitrogen and oxygen atoms in total. The number of ether oxygens (including phenoxy) is 4. The van der Waals surface area contributed by atoms with E-state index in [2.05, 4.69) is 0 Å². The summed E-state index contributed by atoms with van der Waals surface area (Å²) in [4.78, 5) is 26.9. The molecule has 0 saturated heterocycles. The lowest BCUT2D eigenvalue weighted by atomic mass is 9.88. The van der Waals surface area contributed by atoms with Crippen molar-refractivity contribution in [2.24, 2.45) is 0 Å². The van der Waals surface area contributed by atoms with Gasteiger partial charge in [0, 0.05) is 24.3 Å². The maximum Gasteiger partial charge on any atom is 0.344 e. The molecule has 0 atom stereocenters. The molecule has 0 radical (unpaired) electrons. The second kappa shape index (κ2) is 10.3.